The summed E-state index contributed by atoms with van der Waals surface area (Å²) in [5.41, 5.74) is 0.728. The molecule has 5 nitrogen and oxygen atoms in total. The standard InChI is InChI=1S/C16H22N4O/c21-16(20-10-13-7-17-8-14(13)11-20)12-3-4-15(18-9-12)19-5-1-2-6-19/h3-4,9,13-14,17H,1-2,5-8,10-11H2/t13-,14+. The summed E-state index contributed by atoms with van der Waals surface area (Å²) in [5.74, 6) is 2.44. The number of pyridine rings is 1. The summed E-state index contributed by atoms with van der Waals surface area (Å²) in [6.07, 6.45) is 4.24. The van der Waals surface area contributed by atoms with Gasteiger partial charge in [-0.3, -0.25) is 4.79 Å². The van der Waals surface area contributed by atoms with E-state index in [9.17, 15) is 4.79 Å². The fourth-order valence-electron chi connectivity index (χ4n) is 3.85. The highest BCUT2D eigenvalue weighted by Crippen LogP contribution is 2.27. The maximum absolute atomic E-state index is 12.6. The molecule has 0 unspecified atom stereocenters. The molecule has 21 heavy (non-hydrogen) atoms. The van der Waals surface area contributed by atoms with Crippen molar-refractivity contribution in [3.8, 4) is 0 Å². The third-order valence-electron chi connectivity index (χ3n) is 5.10. The molecule has 3 aliphatic heterocycles. The molecule has 112 valence electrons. The van der Waals surface area contributed by atoms with Crippen molar-refractivity contribution in [1.82, 2.24) is 15.2 Å². The molecule has 0 saturated carbocycles. The smallest absolute Gasteiger partial charge is 0.255 e. The van der Waals surface area contributed by atoms with Crippen LogP contribution in [0.4, 0.5) is 5.82 Å². The van der Waals surface area contributed by atoms with Crippen molar-refractivity contribution in [2.75, 3.05) is 44.2 Å². The molecule has 0 aliphatic carbocycles. The first-order valence-electron chi connectivity index (χ1n) is 8.02. The summed E-state index contributed by atoms with van der Waals surface area (Å²) < 4.78 is 0. The van der Waals surface area contributed by atoms with Gasteiger partial charge in [0.25, 0.3) is 5.91 Å². The van der Waals surface area contributed by atoms with Crippen LogP contribution < -0.4 is 10.2 Å². The van der Waals surface area contributed by atoms with E-state index in [1.54, 1.807) is 6.20 Å². The number of aromatic nitrogens is 1. The van der Waals surface area contributed by atoms with Gasteiger partial charge in [-0.2, -0.15) is 0 Å². The van der Waals surface area contributed by atoms with E-state index in [-0.39, 0.29) is 5.91 Å². The van der Waals surface area contributed by atoms with Crippen LogP contribution in [0.3, 0.4) is 0 Å². The second-order valence-corrected chi connectivity index (χ2v) is 6.49. The van der Waals surface area contributed by atoms with E-state index in [0.29, 0.717) is 11.8 Å². The zero-order chi connectivity index (χ0) is 14.2. The maximum Gasteiger partial charge on any atom is 0.255 e. The molecule has 1 N–H and O–H groups in total. The van der Waals surface area contributed by atoms with Gasteiger partial charge >= 0.3 is 0 Å². The molecule has 0 spiro atoms. The number of nitrogens with one attached hydrogen (secondary N) is 1. The van der Waals surface area contributed by atoms with Gasteiger partial charge < -0.3 is 15.1 Å². The maximum atomic E-state index is 12.6. The Morgan fingerprint density at radius 2 is 1.86 bits per heavy atom. The SMILES string of the molecule is O=C(c1ccc(N2CCCC2)nc1)N1C[C@H]2CNC[C@H]2C1. The Morgan fingerprint density at radius 3 is 2.48 bits per heavy atom. The molecule has 1 aromatic rings. The summed E-state index contributed by atoms with van der Waals surface area (Å²) in [4.78, 5) is 21.3. The zero-order valence-corrected chi connectivity index (χ0v) is 12.3. The van der Waals surface area contributed by atoms with Crippen LogP contribution in [0.1, 0.15) is 23.2 Å². The third kappa shape index (κ3) is 2.39. The largest absolute Gasteiger partial charge is 0.357 e. The van der Waals surface area contributed by atoms with E-state index < -0.39 is 0 Å². The average Bonchev–Trinajstić information content (AvgIpc) is 3.23. The number of rotatable bonds is 2. The first kappa shape index (κ1) is 13.1. The average molecular weight is 286 g/mol. The van der Waals surface area contributed by atoms with Gasteiger partial charge in [0.2, 0.25) is 0 Å². The molecule has 1 aromatic heterocycles. The van der Waals surface area contributed by atoms with Crippen LogP contribution in [0.5, 0.6) is 0 Å². The Morgan fingerprint density at radius 1 is 1.14 bits per heavy atom. The monoisotopic (exact) mass is 286 g/mol. The van der Waals surface area contributed by atoms with Crippen molar-refractivity contribution in [3.05, 3.63) is 23.9 Å². The Bertz CT molecular complexity index is 512. The molecule has 3 saturated heterocycles. The van der Waals surface area contributed by atoms with Crippen LogP contribution in [-0.2, 0) is 0 Å². The molecular formula is C16H22N4O. The summed E-state index contributed by atoms with van der Waals surface area (Å²) in [6.45, 7) is 6.07. The third-order valence-corrected chi connectivity index (χ3v) is 5.10. The van der Waals surface area contributed by atoms with Crippen LogP contribution in [0.2, 0.25) is 0 Å². The summed E-state index contributed by atoms with van der Waals surface area (Å²) in [7, 11) is 0. The highest BCUT2D eigenvalue weighted by atomic mass is 16.2. The Balaban J connectivity index is 1.45. The Labute approximate surface area is 125 Å². The molecule has 3 fully saturated rings. The van der Waals surface area contributed by atoms with E-state index >= 15 is 0 Å². The minimum Gasteiger partial charge on any atom is -0.357 e. The van der Waals surface area contributed by atoms with E-state index in [0.717, 1.165) is 50.6 Å². The first-order chi connectivity index (χ1) is 10.3. The molecule has 1 amide bonds. The van der Waals surface area contributed by atoms with E-state index in [1.807, 2.05) is 17.0 Å². The topological polar surface area (TPSA) is 48.5 Å². The highest BCUT2D eigenvalue weighted by Gasteiger charge is 2.38. The van der Waals surface area contributed by atoms with Crippen LogP contribution in [0.25, 0.3) is 0 Å². The summed E-state index contributed by atoms with van der Waals surface area (Å²) >= 11 is 0. The lowest BCUT2D eigenvalue weighted by Crippen LogP contribution is -2.32. The molecule has 4 heterocycles. The number of amides is 1. The lowest BCUT2D eigenvalue weighted by Gasteiger charge is -2.19. The molecule has 4 rings (SSSR count). The van der Waals surface area contributed by atoms with Crippen LogP contribution in [0.15, 0.2) is 18.3 Å². The van der Waals surface area contributed by atoms with Crippen LogP contribution in [-0.4, -0.2) is 55.1 Å². The van der Waals surface area contributed by atoms with Crippen molar-refractivity contribution in [2.24, 2.45) is 11.8 Å². The number of fused-ring (bicyclic) bond motifs is 1. The number of nitrogens with zero attached hydrogens (tertiary/aromatic N) is 3. The molecule has 0 aromatic carbocycles. The van der Waals surface area contributed by atoms with Gasteiger partial charge in [-0.05, 0) is 36.8 Å². The van der Waals surface area contributed by atoms with Crippen molar-refractivity contribution < 1.29 is 4.79 Å². The number of carbonyl (C=O) groups is 1. The van der Waals surface area contributed by atoms with Gasteiger partial charge in [0.15, 0.2) is 0 Å². The first-order valence-corrected chi connectivity index (χ1v) is 8.02. The minimum absolute atomic E-state index is 0.143. The van der Waals surface area contributed by atoms with Crippen molar-refractivity contribution in [2.45, 2.75) is 12.8 Å². The van der Waals surface area contributed by atoms with Crippen LogP contribution >= 0.6 is 0 Å². The molecule has 2 atom stereocenters. The summed E-state index contributed by atoms with van der Waals surface area (Å²) in [6, 6.07) is 3.94. The van der Waals surface area contributed by atoms with Crippen molar-refractivity contribution in [1.29, 1.82) is 0 Å². The Hall–Kier alpha value is -1.62. The zero-order valence-electron chi connectivity index (χ0n) is 12.3. The second-order valence-electron chi connectivity index (χ2n) is 6.49. The minimum atomic E-state index is 0.143. The number of hydrogen-bond donors (Lipinski definition) is 1. The molecular weight excluding hydrogens is 264 g/mol. The molecule has 0 radical (unpaired) electrons. The fraction of sp³-hybridized carbons (Fsp3) is 0.625. The number of likely N-dealkylation sites (tertiary alicyclic amines) is 1. The fourth-order valence-corrected chi connectivity index (χ4v) is 3.85. The molecule has 3 aliphatic rings. The van der Waals surface area contributed by atoms with Crippen LogP contribution in [0, 0.1) is 11.8 Å². The number of anilines is 1. The predicted molar refractivity (Wildman–Crippen MR) is 81.4 cm³/mol. The van der Waals surface area contributed by atoms with Crippen molar-refractivity contribution >= 4 is 11.7 Å². The predicted octanol–water partition coefficient (Wildman–Crippen LogP) is 0.973. The second kappa shape index (κ2) is 5.30. The lowest BCUT2D eigenvalue weighted by atomic mass is 10.0. The number of carbonyl (C=O) groups excluding carboxylic acids is 1. The quantitative estimate of drug-likeness (QED) is 0.880. The van der Waals surface area contributed by atoms with Crippen molar-refractivity contribution in [3.63, 3.8) is 0 Å². The van der Waals surface area contributed by atoms with Gasteiger partial charge in [0, 0.05) is 45.5 Å². The highest BCUT2D eigenvalue weighted by molar-refractivity contribution is 5.94. The molecule has 0 bridgehead atoms. The van der Waals surface area contributed by atoms with E-state index in [4.69, 9.17) is 0 Å². The van der Waals surface area contributed by atoms with Gasteiger partial charge in [-0.15, -0.1) is 0 Å². The van der Waals surface area contributed by atoms with Gasteiger partial charge in [-0.25, -0.2) is 4.98 Å². The van der Waals surface area contributed by atoms with E-state index in [1.165, 1.54) is 12.8 Å². The molecule has 5 heteroatoms. The van der Waals surface area contributed by atoms with Gasteiger partial charge in [0.05, 0.1) is 5.56 Å². The normalized spacial score (nSPS) is 28.2. The van der Waals surface area contributed by atoms with Gasteiger partial charge in [0.1, 0.15) is 5.82 Å². The Kier molecular flexibility index (Phi) is 3.30. The summed E-state index contributed by atoms with van der Waals surface area (Å²) in [5, 5.41) is 3.41. The van der Waals surface area contributed by atoms with Gasteiger partial charge in [-0.1, -0.05) is 0 Å². The number of hydrogen-bond acceptors (Lipinski definition) is 4. The lowest BCUT2D eigenvalue weighted by molar-refractivity contribution is 0.0781. The van der Waals surface area contributed by atoms with E-state index in [2.05, 4.69) is 15.2 Å².